The lowest BCUT2D eigenvalue weighted by Gasteiger charge is -2.14. The Kier molecular flexibility index (Phi) is 7.45. The molecule has 9 aromatic rings. The molecule has 0 N–H and O–H groups in total. The van der Waals surface area contributed by atoms with E-state index in [1.54, 1.807) is 6.20 Å². The van der Waals surface area contributed by atoms with Crippen molar-refractivity contribution in [2.75, 3.05) is 0 Å². The third-order valence-corrected chi connectivity index (χ3v) is 9.19. The lowest BCUT2D eigenvalue weighted by Crippen LogP contribution is -1.94. The van der Waals surface area contributed by atoms with Crippen LogP contribution >= 0.6 is 0 Å². The van der Waals surface area contributed by atoms with Gasteiger partial charge in [0.25, 0.3) is 0 Å². The Morgan fingerprint density at radius 1 is 0.340 bits per heavy atom. The topological polar surface area (TPSA) is 51.6 Å². The molecule has 0 saturated carbocycles. The Bertz CT molecular complexity index is 2540. The molecule has 0 amide bonds. The van der Waals surface area contributed by atoms with Gasteiger partial charge in [-0.1, -0.05) is 133 Å². The van der Waals surface area contributed by atoms with Crippen molar-refractivity contribution in [3.05, 3.63) is 182 Å². The van der Waals surface area contributed by atoms with Crippen LogP contribution in [0.5, 0.6) is 0 Å². The van der Waals surface area contributed by atoms with E-state index in [1.807, 2.05) is 36.5 Å². The van der Waals surface area contributed by atoms with Crippen molar-refractivity contribution in [2.45, 2.75) is 0 Å². The third-order valence-electron chi connectivity index (χ3n) is 9.19. The van der Waals surface area contributed by atoms with E-state index in [2.05, 4.69) is 145 Å². The van der Waals surface area contributed by atoms with E-state index >= 15 is 0 Å². The molecule has 50 heavy (non-hydrogen) atoms. The number of aromatic nitrogens is 4. The van der Waals surface area contributed by atoms with Crippen molar-refractivity contribution in [1.82, 2.24) is 19.9 Å². The minimum absolute atomic E-state index is 0.804. The molecule has 0 spiro atoms. The largest absolute Gasteiger partial charge is 0.255 e. The van der Waals surface area contributed by atoms with Crippen molar-refractivity contribution in [3.63, 3.8) is 0 Å². The zero-order chi connectivity index (χ0) is 33.3. The summed E-state index contributed by atoms with van der Waals surface area (Å²) in [5, 5.41) is 3.52. The summed E-state index contributed by atoms with van der Waals surface area (Å²) >= 11 is 0. The molecule has 0 atom stereocenters. The fourth-order valence-corrected chi connectivity index (χ4v) is 6.72. The van der Waals surface area contributed by atoms with E-state index in [4.69, 9.17) is 15.0 Å². The molecule has 5 aromatic carbocycles. The van der Waals surface area contributed by atoms with Gasteiger partial charge in [0.15, 0.2) is 0 Å². The summed E-state index contributed by atoms with van der Waals surface area (Å²) in [5.74, 6) is 0. The highest BCUT2D eigenvalue weighted by molar-refractivity contribution is 6.17. The zero-order valence-electron chi connectivity index (χ0n) is 27.1. The molecule has 4 nitrogen and oxygen atoms in total. The van der Waals surface area contributed by atoms with Gasteiger partial charge in [-0.25, -0.2) is 9.97 Å². The fourth-order valence-electron chi connectivity index (χ4n) is 6.72. The summed E-state index contributed by atoms with van der Waals surface area (Å²) in [4.78, 5) is 19.6. The summed E-state index contributed by atoms with van der Waals surface area (Å²) in [6, 6.07) is 58.8. The molecule has 0 radical (unpaired) electrons. The van der Waals surface area contributed by atoms with E-state index in [9.17, 15) is 0 Å². The van der Waals surface area contributed by atoms with Gasteiger partial charge in [-0.3, -0.25) is 9.97 Å². The van der Waals surface area contributed by atoms with Crippen molar-refractivity contribution in [2.24, 2.45) is 0 Å². The van der Waals surface area contributed by atoms with Crippen LogP contribution < -0.4 is 0 Å². The molecule has 234 valence electrons. The van der Waals surface area contributed by atoms with Gasteiger partial charge in [0.05, 0.1) is 34.0 Å². The van der Waals surface area contributed by atoms with E-state index < -0.39 is 0 Å². The first-order valence-corrected chi connectivity index (χ1v) is 16.7. The third kappa shape index (κ3) is 5.49. The SMILES string of the molecule is c1ccc(-c2cc(-c3ccccn3)nc(-c3ccc(-c4ccc(-c5nc6ccccc6c6c(-c7ccccc7)cccc56)cc4)cn3)c2)cc1. The van der Waals surface area contributed by atoms with Crippen LogP contribution in [0.25, 0.3) is 89.1 Å². The minimum Gasteiger partial charge on any atom is -0.255 e. The molecule has 0 aliphatic carbocycles. The first kappa shape index (κ1) is 29.4. The van der Waals surface area contributed by atoms with Crippen LogP contribution in [0.3, 0.4) is 0 Å². The van der Waals surface area contributed by atoms with E-state index in [0.717, 1.165) is 72.6 Å². The van der Waals surface area contributed by atoms with Crippen molar-refractivity contribution in [3.8, 4) is 67.4 Å². The van der Waals surface area contributed by atoms with Crippen LogP contribution in [0.15, 0.2) is 182 Å². The summed E-state index contributed by atoms with van der Waals surface area (Å²) in [6.07, 6.45) is 3.72. The number of rotatable bonds is 6. The quantitative estimate of drug-likeness (QED) is 0.170. The summed E-state index contributed by atoms with van der Waals surface area (Å²) in [6.45, 7) is 0. The normalized spacial score (nSPS) is 11.2. The van der Waals surface area contributed by atoms with Gasteiger partial charge in [0.2, 0.25) is 0 Å². The number of pyridine rings is 4. The maximum absolute atomic E-state index is 5.19. The van der Waals surface area contributed by atoms with Gasteiger partial charge in [-0.15, -0.1) is 0 Å². The predicted octanol–water partition coefficient (Wildman–Crippen LogP) is 11.6. The molecule has 4 heterocycles. The second kappa shape index (κ2) is 12.7. The van der Waals surface area contributed by atoms with Gasteiger partial charge in [0, 0.05) is 39.7 Å². The monoisotopic (exact) mass is 638 g/mol. The van der Waals surface area contributed by atoms with Crippen LogP contribution in [0.2, 0.25) is 0 Å². The van der Waals surface area contributed by atoms with Crippen LogP contribution in [-0.2, 0) is 0 Å². The number of benzene rings is 5. The maximum atomic E-state index is 5.19. The molecule has 0 fully saturated rings. The van der Waals surface area contributed by atoms with Gasteiger partial charge < -0.3 is 0 Å². The van der Waals surface area contributed by atoms with Gasteiger partial charge >= 0.3 is 0 Å². The number of para-hydroxylation sites is 1. The Labute approximate surface area is 290 Å². The van der Waals surface area contributed by atoms with E-state index in [1.165, 1.54) is 16.5 Å². The Hall–Kier alpha value is -6.78. The molecule has 0 saturated heterocycles. The van der Waals surface area contributed by atoms with E-state index in [-0.39, 0.29) is 0 Å². The zero-order valence-corrected chi connectivity index (χ0v) is 27.1. The van der Waals surface area contributed by atoms with Gasteiger partial charge in [0.1, 0.15) is 0 Å². The lowest BCUT2D eigenvalue weighted by atomic mass is 9.92. The molecule has 4 aromatic heterocycles. The summed E-state index contributed by atoms with van der Waals surface area (Å²) in [7, 11) is 0. The van der Waals surface area contributed by atoms with Gasteiger partial charge in [-0.2, -0.15) is 0 Å². The maximum Gasteiger partial charge on any atom is 0.0900 e. The van der Waals surface area contributed by atoms with Crippen molar-refractivity contribution >= 4 is 21.7 Å². The average molecular weight is 639 g/mol. The molecular formula is C46H30N4. The van der Waals surface area contributed by atoms with Crippen LogP contribution in [0.4, 0.5) is 0 Å². The molecule has 0 aliphatic rings. The fraction of sp³-hybridized carbons (Fsp3) is 0. The highest BCUT2D eigenvalue weighted by Gasteiger charge is 2.15. The molecule has 9 rings (SSSR count). The highest BCUT2D eigenvalue weighted by atomic mass is 14.8. The summed E-state index contributed by atoms with van der Waals surface area (Å²) < 4.78 is 0. The second-order valence-corrected chi connectivity index (χ2v) is 12.3. The predicted molar refractivity (Wildman–Crippen MR) is 205 cm³/mol. The van der Waals surface area contributed by atoms with Crippen LogP contribution in [-0.4, -0.2) is 19.9 Å². The molecule has 0 unspecified atom stereocenters. The van der Waals surface area contributed by atoms with Crippen molar-refractivity contribution in [1.29, 1.82) is 0 Å². The van der Waals surface area contributed by atoms with Crippen LogP contribution in [0.1, 0.15) is 0 Å². The highest BCUT2D eigenvalue weighted by Crippen LogP contribution is 2.39. The smallest absolute Gasteiger partial charge is 0.0900 e. The number of nitrogens with zero attached hydrogens (tertiary/aromatic N) is 4. The molecular weight excluding hydrogens is 609 g/mol. The standard InChI is InChI=1S/C46H30N4/c1-3-12-31(13-4-1)36-28-43(41-20-9-10-27-47-41)49-44(29-36)42-26-25-35(30-48-42)32-21-23-34(24-22-32)46-39-18-11-17-37(33-14-5-2-6-15-33)45(39)38-16-7-8-19-40(38)50-46/h1-30H. The summed E-state index contributed by atoms with van der Waals surface area (Å²) in [5.41, 5.74) is 13.0. The first-order valence-electron chi connectivity index (χ1n) is 16.7. The lowest BCUT2D eigenvalue weighted by molar-refractivity contribution is 1.22. The number of fused-ring (bicyclic) bond motifs is 3. The second-order valence-electron chi connectivity index (χ2n) is 12.3. The number of hydrogen-bond donors (Lipinski definition) is 0. The Balaban J connectivity index is 1.08. The molecule has 0 bridgehead atoms. The van der Waals surface area contributed by atoms with E-state index in [0.29, 0.717) is 0 Å². The van der Waals surface area contributed by atoms with Crippen LogP contribution in [0, 0.1) is 0 Å². The Morgan fingerprint density at radius 2 is 0.960 bits per heavy atom. The van der Waals surface area contributed by atoms with Gasteiger partial charge in [-0.05, 0) is 64.2 Å². The minimum atomic E-state index is 0.804. The molecule has 4 heteroatoms. The number of hydrogen-bond acceptors (Lipinski definition) is 4. The van der Waals surface area contributed by atoms with Crippen molar-refractivity contribution < 1.29 is 0 Å². The Morgan fingerprint density at radius 3 is 1.68 bits per heavy atom. The average Bonchev–Trinajstić information content (AvgIpc) is 3.21. The molecule has 0 aliphatic heterocycles. The first-order chi connectivity index (χ1) is 24.8.